The number of carbonyl (C=O) groups excluding carboxylic acids is 2. The monoisotopic (exact) mass is 333 g/mol. The molecule has 0 radical (unpaired) electrons. The Balaban J connectivity index is 1.59. The maximum atomic E-state index is 12.9. The van der Waals surface area contributed by atoms with Gasteiger partial charge in [-0.2, -0.15) is 0 Å². The van der Waals surface area contributed by atoms with Crippen LogP contribution < -0.4 is 0 Å². The highest BCUT2D eigenvalue weighted by Gasteiger charge is 2.67. The standard InChI is InChI=1S/C17H19NO4S/c1-10(2)21-16(20)13-12-5-6-17(22-12)9-18(15(19)14(13)17)8-11-4-3-7-23-11/h3-7,10,12-14H,8-9H2,1-2H3/t12-,13+,14+,17-/m1/s1. The molecule has 2 saturated heterocycles. The molecule has 5 nitrogen and oxygen atoms in total. The van der Waals surface area contributed by atoms with Crippen LogP contribution >= 0.6 is 11.3 Å². The van der Waals surface area contributed by atoms with Crippen molar-refractivity contribution in [1.29, 1.82) is 0 Å². The molecule has 2 fully saturated rings. The van der Waals surface area contributed by atoms with E-state index < -0.39 is 17.4 Å². The lowest BCUT2D eigenvalue weighted by molar-refractivity contribution is -0.157. The van der Waals surface area contributed by atoms with Crippen molar-refractivity contribution in [3.63, 3.8) is 0 Å². The zero-order valence-corrected chi connectivity index (χ0v) is 13.9. The Kier molecular flexibility index (Phi) is 3.35. The van der Waals surface area contributed by atoms with Crippen molar-refractivity contribution in [3.8, 4) is 0 Å². The molecule has 3 aliphatic rings. The van der Waals surface area contributed by atoms with Gasteiger partial charge in [-0.15, -0.1) is 11.3 Å². The van der Waals surface area contributed by atoms with Gasteiger partial charge in [-0.1, -0.05) is 18.2 Å². The molecule has 0 unspecified atom stereocenters. The van der Waals surface area contributed by atoms with Crippen LogP contribution in [0.3, 0.4) is 0 Å². The van der Waals surface area contributed by atoms with Gasteiger partial charge in [0.25, 0.3) is 0 Å². The summed E-state index contributed by atoms with van der Waals surface area (Å²) in [4.78, 5) is 28.3. The summed E-state index contributed by atoms with van der Waals surface area (Å²) in [6, 6.07) is 3.99. The Morgan fingerprint density at radius 2 is 2.39 bits per heavy atom. The number of thiophene rings is 1. The van der Waals surface area contributed by atoms with Crippen molar-refractivity contribution < 1.29 is 19.1 Å². The molecule has 1 aromatic heterocycles. The molecule has 0 aromatic carbocycles. The van der Waals surface area contributed by atoms with Crippen LogP contribution in [0.25, 0.3) is 0 Å². The van der Waals surface area contributed by atoms with Gasteiger partial charge in [0.15, 0.2) is 0 Å². The van der Waals surface area contributed by atoms with E-state index in [0.717, 1.165) is 4.88 Å². The van der Waals surface area contributed by atoms with E-state index in [1.807, 2.05) is 43.5 Å². The summed E-state index contributed by atoms with van der Waals surface area (Å²) in [5.74, 6) is -1.31. The summed E-state index contributed by atoms with van der Waals surface area (Å²) in [5, 5.41) is 2.00. The lowest BCUT2D eigenvalue weighted by Gasteiger charge is -2.23. The summed E-state index contributed by atoms with van der Waals surface area (Å²) in [6.45, 7) is 4.71. The van der Waals surface area contributed by atoms with E-state index in [-0.39, 0.29) is 24.1 Å². The Morgan fingerprint density at radius 3 is 3.09 bits per heavy atom. The number of ether oxygens (including phenoxy) is 2. The first-order valence-electron chi connectivity index (χ1n) is 7.89. The normalized spacial score (nSPS) is 34.5. The van der Waals surface area contributed by atoms with Crippen LogP contribution in [0.5, 0.6) is 0 Å². The predicted molar refractivity (Wildman–Crippen MR) is 84.7 cm³/mol. The van der Waals surface area contributed by atoms with Crippen LogP contribution in [-0.4, -0.2) is 41.1 Å². The van der Waals surface area contributed by atoms with E-state index in [9.17, 15) is 9.59 Å². The van der Waals surface area contributed by atoms with Crippen LogP contribution in [0.4, 0.5) is 0 Å². The average molecular weight is 333 g/mol. The third-order valence-corrected chi connectivity index (χ3v) is 5.59. The first-order chi connectivity index (χ1) is 11.0. The Bertz CT molecular complexity index is 668. The van der Waals surface area contributed by atoms with Gasteiger partial charge in [-0.05, 0) is 25.3 Å². The second kappa shape index (κ2) is 5.18. The van der Waals surface area contributed by atoms with Crippen molar-refractivity contribution >= 4 is 23.2 Å². The third-order valence-electron chi connectivity index (χ3n) is 4.73. The second-order valence-electron chi connectivity index (χ2n) is 6.66. The molecule has 0 N–H and O–H groups in total. The lowest BCUT2D eigenvalue weighted by Crippen LogP contribution is -2.40. The minimum atomic E-state index is -0.653. The molecular formula is C17H19NO4S. The Labute approximate surface area is 138 Å². The molecule has 4 atom stereocenters. The maximum absolute atomic E-state index is 12.9. The number of likely N-dealkylation sites (tertiary alicyclic amines) is 1. The fraction of sp³-hybridized carbons (Fsp3) is 0.529. The van der Waals surface area contributed by atoms with E-state index >= 15 is 0 Å². The molecule has 23 heavy (non-hydrogen) atoms. The molecule has 4 rings (SSSR count). The number of amides is 1. The summed E-state index contributed by atoms with van der Waals surface area (Å²) in [7, 11) is 0. The van der Waals surface area contributed by atoms with Crippen LogP contribution in [-0.2, 0) is 25.6 Å². The molecule has 1 spiro atoms. The molecule has 1 amide bonds. The first-order valence-corrected chi connectivity index (χ1v) is 8.77. The van der Waals surface area contributed by atoms with Crippen LogP contribution in [0.2, 0.25) is 0 Å². The van der Waals surface area contributed by atoms with Crippen molar-refractivity contribution in [2.45, 2.75) is 38.2 Å². The number of carbonyl (C=O) groups is 2. The highest BCUT2D eigenvalue weighted by molar-refractivity contribution is 7.09. The predicted octanol–water partition coefficient (Wildman–Crippen LogP) is 1.98. The fourth-order valence-electron chi connectivity index (χ4n) is 3.88. The number of esters is 1. The maximum Gasteiger partial charge on any atom is 0.313 e. The van der Waals surface area contributed by atoms with Gasteiger partial charge >= 0.3 is 5.97 Å². The van der Waals surface area contributed by atoms with Crippen molar-refractivity contribution in [2.24, 2.45) is 11.8 Å². The van der Waals surface area contributed by atoms with Crippen LogP contribution in [0.1, 0.15) is 18.7 Å². The zero-order valence-electron chi connectivity index (χ0n) is 13.1. The van der Waals surface area contributed by atoms with Gasteiger partial charge in [-0.25, -0.2) is 0 Å². The molecule has 3 aliphatic heterocycles. The summed E-state index contributed by atoms with van der Waals surface area (Å²) in [5.41, 5.74) is -0.653. The van der Waals surface area contributed by atoms with Gasteiger partial charge in [0, 0.05) is 4.88 Å². The van der Waals surface area contributed by atoms with Gasteiger partial charge in [0.1, 0.15) is 11.5 Å². The lowest BCUT2D eigenvalue weighted by atomic mass is 9.77. The van der Waals surface area contributed by atoms with Crippen molar-refractivity contribution in [1.82, 2.24) is 4.90 Å². The molecule has 0 aliphatic carbocycles. The number of rotatable bonds is 4. The molecule has 122 valence electrons. The number of nitrogens with zero attached hydrogens (tertiary/aromatic N) is 1. The van der Waals surface area contributed by atoms with Gasteiger partial charge in [0.05, 0.1) is 31.2 Å². The molecule has 6 heteroatoms. The molecule has 1 aromatic rings. The smallest absolute Gasteiger partial charge is 0.313 e. The average Bonchev–Trinajstić information content (AvgIpc) is 3.21. The van der Waals surface area contributed by atoms with Crippen molar-refractivity contribution in [2.75, 3.05) is 6.54 Å². The van der Waals surface area contributed by atoms with Crippen LogP contribution in [0, 0.1) is 11.8 Å². The minimum Gasteiger partial charge on any atom is -0.463 e. The van der Waals surface area contributed by atoms with E-state index in [4.69, 9.17) is 9.47 Å². The second-order valence-corrected chi connectivity index (χ2v) is 7.69. The summed E-state index contributed by atoms with van der Waals surface area (Å²) < 4.78 is 11.4. The number of hydrogen-bond donors (Lipinski definition) is 0. The van der Waals surface area contributed by atoms with E-state index in [2.05, 4.69) is 0 Å². The largest absolute Gasteiger partial charge is 0.463 e. The Hall–Kier alpha value is -1.66. The van der Waals surface area contributed by atoms with Crippen molar-refractivity contribution in [3.05, 3.63) is 34.5 Å². The SMILES string of the molecule is CC(C)OC(=O)[C@@H]1[C@H]2C(=O)N(Cc3cccs3)C[C@]23C=C[C@H]1O3. The highest BCUT2D eigenvalue weighted by Crippen LogP contribution is 2.52. The van der Waals surface area contributed by atoms with E-state index in [1.165, 1.54) is 0 Å². The van der Waals surface area contributed by atoms with E-state index in [1.54, 1.807) is 16.2 Å². The Morgan fingerprint density at radius 1 is 1.57 bits per heavy atom. The molecular weight excluding hydrogens is 314 g/mol. The topological polar surface area (TPSA) is 55.8 Å². The van der Waals surface area contributed by atoms with Gasteiger partial charge in [0.2, 0.25) is 5.91 Å². The van der Waals surface area contributed by atoms with Gasteiger partial charge < -0.3 is 14.4 Å². The molecule has 0 saturated carbocycles. The third kappa shape index (κ3) is 2.23. The minimum absolute atomic E-state index is 0.00374. The summed E-state index contributed by atoms with van der Waals surface area (Å²) in [6.07, 6.45) is 3.35. The van der Waals surface area contributed by atoms with Crippen LogP contribution in [0.15, 0.2) is 29.7 Å². The first kappa shape index (κ1) is 14.9. The van der Waals surface area contributed by atoms with E-state index in [0.29, 0.717) is 13.1 Å². The number of fused-ring (bicyclic) bond motifs is 1. The number of hydrogen-bond acceptors (Lipinski definition) is 5. The fourth-order valence-corrected chi connectivity index (χ4v) is 4.60. The highest BCUT2D eigenvalue weighted by atomic mass is 32.1. The summed E-state index contributed by atoms with van der Waals surface area (Å²) >= 11 is 1.63. The zero-order chi connectivity index (χ0) is 16.2. The molecule has 2 bridgehead atoms. The quantitative estimate of drug-likeness (QED) is 0.624. The van der Waals surface area contributed by atoms with Gasteiger partial charge in [-0.3, -0.25) is 9.59 Å². The molecule has 4 heterocycles.